The van der Waals surface area contributed by atoms with E-state index in [1.54, 1.807) is 0 Å². The molecule has 0 N–H and O–H groups in total. The summed E-state index contributed by atoms with van der Waals surface area (Å²) in [5.41, 5.74) is 0. The van der Waals surface area contributed by atoms with Crippen molar-refractivity contribution in [2.45, 2.75) is 37.8 Å². The van der Waals surface area contributed by atoms with Crippen molar-refractivity contribution in [3.8, 4) is 12.3 Å². The summed E-state index contributed by atoms with van der Waals surface area (Å²) in [6.45, 7) is 4.47. The Morgan fingerprint density at radius 1 is 1.56 bits per heavy atom. The Morgan fingerprint density at radius 3 is 2.22 bits per heavy atom. The highest BCUT2D eigenvalue weighted by molar-refractivity contribution is 6.44. The van der Waals surface area contributed by atoms with Crippen LogP contribution in [0.15, 0.2) is 0 Å². The van der Waals surface area contributed by atoms with E-state index >= 15 is 0 Å². The van der Waals surface area contributed by atoms with Crippen LogP contribution in [0.3, 0.4) is 0 Å². The molecule has 0 atom stereocenters. The summed E-state index contributed by atoms with van der Waals surface area (Å²) >= 11 is 0. The minimum Gasteiger partial charge on any atom is -0.120 e. The first kappa shape index (κ1) is 6.74. The van der Waals surface area contributed by atoms with Crippen LogP contribution in [0, 0.1) is 12.3 Å². The Balaban J connectivity index is 2.36. The van der Waals surface area contributed by atoms with Gasteiger partial charge >= 0.3 is 0 Å². The van der Waals surface area contributed by atoms with E-state index in [9.17, 15) is 0 Å². The van der Waals surface area contributed by atoms with Gasteiger partial charge in [0.1, 0.15) is 7.28 Å². The normalized spacial score (nSPS) is 21.1. The molecule has 0 saturated heterocycles. The highest BCUT2D eigenvalue weighted by Crippen LogP contribution is 2.53. The summed E-state index contributed by atoms with van der Waals surface area (Å²) < 4.78 is 0. The first-order valence-corrected chi connectivity index (χ1v) is 3.66. The van der Waals surface area contributed by atoms with E-state index in [4.69, 9.17) is 6.42 Å². The molecule has 0 heterocycles. The van der Waals surface area contributed by atoms with E-state index in [0.717, 1.165) is 5.82 Å². The molecule has 1 heteroatoms. The topological polar surface area (TPSA) is 0 Å². The van der Waals surface area contributed by atoms with Crippen molar-refractivity contribution in [1.29, 1.82) is 0 Å². The maximum absolute atomic E-state index is 5.37. The van der Waals surface area contributed by atoms with Crippen LogP contribution in [-0.4, -0.2) is 7.28 Å². The van der Waals surface area contributed by atoms with Crippen LogP contribution >= 0.6 is 0 Å². The van der Waals surface area contributed by atoms with Crippen LogP contribution in [-0.2, 0) is 0 Å². The summed E-state index contributed by atoms with van der Waals surface area (Å²) in [5, 5.41) is 0.341. The second kappa shape index (κ2) is 2.10. The maximum Gasteiger partial charge on any atom is 0.146 e. The lowest BCUT2D eigenvalue weighted by atomic mass is 9.54. The second-order valence-corrected chi connectivity index (χ2v) is 3.52. The zero-order valence-electron chi connectivity index (χ0n) is 6.28. The van der Waals surface area contributed by atoms with E-state index < -0.39 is 0 Å². The SMILES string of the molecule is C#CC1(BC(C)C)CC1. The van der Waals surface area contributed by atoms with Gasteiger partial charge in [-0.3, -0.25) is 0 Å². The van der Waals surface area contributed by atoms with Gasteiger partial charge in [-0.15, -0.1) is 12.3 Å². The van der Waals surface area contributed by atoms with Gasteiger partial charge in [0.2, 0.25) is 0 Å². The average Bonchev–Trinajstić information content (AvgIpc) is 2.48. The van der Waals surface area contributed by atoms with Crippen molar-refractivity contribution < 1.29 is 0 Å². The highest BCUT2D eigenvalue weighted by atomic mass is 14.3. The second-order valence-electron chi connectivity index (χ2n) is 3.52. The van der Waals surface area contributed by atoms with Gasteiger partial charge in [0, 0.05) is 5.31 Å². The number of terminal acetylenes is 1. The standard InChI is InChI=1S/C8H13B/c1-4-8(5-6-8)9-7(2)3/h1,7,9H,5-6H2,2-3H3. The number of rotatable bonds is 2. The molecule has 48 valence electrons. The number of hydrogen-bond acceptors (Lipinski definition) is 0. The fraction of sp³-hybridized carbons (Fsp3) is 0.750. The molecule has 0 radical (unpaired) electrons. The van der Waals surface area contributed by atoms with Crippen LogP contribution in [0.2, 0.25) is 11.1 Å². The molecule has 0 amide bonds. The molecule has 0 bridgehead atoms. The van der Waals surface area contributed by atoms with E-state index in [0.29, 0.717) is 5.31 Å². The summed E-state index contributed by atoms with van der Waals surface area (Å²) in [4.78, 5) is 0. The Bertz CT molecular complexity index is 137. The zero-order valence-corrected chi connectivity index (χ0v) is 6.28. The predicted molar refractivity (Wildman–Crippen MR) is 43.0 cm³/mol. The van der Waals surface area contributed by atoms with Crippen LogP contribution in [0.25, 0.3) is 0 Å². The molecule has 0 aromatic carbocycles. The smallest absolute Gasteiger partial charge is 0.120 e. The molecule has 0 aromatic rings. The lowest BCUT2D eigenvalue weighted by Crippen LogP contribution is -2.04. The van der Waals surface area contributed by atoms with E-state index in [1.165, 1.54) is 20.1 Å². The molecule has 1 aliphatic carbocycles. The maximum atomic E-state index is 5.37. The third kappa shape index (κ3) is 1.51. The average molecular weight is 120 g/mol. The molecule has 1 fully saturated rings. The Hall–Kier alpha value is -0.375. The van der Waals surface area contributed by atoms with Crippen LogP contribution < -0.4 is 0 Å². The summed E-state index contributed by atoms with van der Waals surface area (Å²) in [7, 11) is 1.23. The van der Waals surface area contributed by atoms with E-state index in [1.807, 2.05) is 0 Å². The monoisotopic (exact) mass is 120 g/mol. The third-order valence-electron chi connectivity index (χ3n) is 1.96. The Morgan fingerprint density at radius 2 is 2.11 bits per heavy atom. The molecule has 0 aromatic heterocycles. The largest absolute Gasteiger partial charge is 0.146 e. The molecule has 0 aliphatic heterocycles. The van der Waals surface area contributed by atoms with Crippen molar-refractivity contribution in [2.24, 2.45) is 0 Å². The van der Waals surface area contributed by atoms with Gasteiger partial charge in [-0.2, -0.15) is 0 Å². The Labute approximate surface area is 58.3 Å². The van der Waals surface area contributed by atoms with Crippen LogP contribution in [0.1, 0.15) is 26.7 Å². The van der Waals surface area contributed by atoms with Crippen molar-refractivity contribution in [1.82, 2.24) is 0 Å². The number of hydrogen-bond donors (Lipinski definition) is 0. The van der Waals surface area contributed by atoms with Gasteiger partial charge in [0.15, 0.2) is 0 Å². The molecule has 0 nitrogen and oxygen atoms in total. The first-order valence-electron chi connectivity index (χ1n) is 3.66. The fourth-order valence-electron chi connectivity index (χ4n) is 1.34. The van der Waals surface area contributed by atoms with Gasteiger partial charge in [0.05, 0.1) is 0 Å². The minimum atomic E-state index is 0.341. The lowest BCUT2D eigenvalue weighted by molar-refractivity contribution is 1.01. The van der Waals surface area contributed by atoms with Crippen molar-refractivity contribution in [2.75, 3.05) is 0 Å². The summed E-state index contributed by atoms with van der Waals surface area (Å²) in [6.07, 6.45) is 7.90. The molecular weight excluding hydrogens is 107 g/mol. The summed E-state index contributed by atoms with van der Waals surface area (Å²) in [5.74, 6) is 3.65. The van der Waals surface area contributed by atoms with Crippen LogP contribution in [0.4, 0.5) is 0 Å². The Kier molecular flexibility index (Phi) is 1.57. The molecule has 1 aliphatic rings. The molecule has 1 saturated carbocycles. The minimum absolute atomic E-state index is 0.341. The molecule has 1 rings (SSSR count). The van der Waals surface area contributed by atoms with Crippen LogP contribution in [0.5, 0.6) is 0 Å². The van der Waals surface area contributed by atoms with E-state index in [-0.39, 0.29) is 0 Å². The quantitative estimate of drug-likeness (QED) is 0.385. The predicted octanol–water partition coefficient (Wildman–Crippen LogP) is 1.84. The first-order chi connectivity index (χ1) is 4.18. The van der Waals surface area contributed by atoms with E-state index in [2.05, 4.69) is 19.8 Å². The van der Waals surface area contributed by atoms with Gasteiger partial charge in [-0.05, 0) is 12.8 Å². The van der Waals surface area contributed by atoms with Gasteiger partial charge in [-0.1, -0.05) is 19.7 Å². The van der Waals surface area contributed by atoms with Gasteiger partial charge in [-0.25, -0.2) is 0 Å². The van der Waals surface area contributed by atoms with Gasteiger partial charge in [0.25, 0.3) is 0 Å². The van der Waals surface area contributed by atoms with Crippen molar-refractivity contribution >= 4 is 7.28 Å². The highest BCUT2D eigenvalue weighted by Gasteiger charge is 2.41. The fourth-order valence-corrected chi connectivity index (χ4v) is 1.34. The molecule has 0 spiro atoms. The molecular formula is C8H13B. The molecule has 9 heavy (non-hydrogen) atoms. The summed E-state index contributed by atoms with van der Waals surface area (Å²) in [6, 6.07) is 0. The molecule has 0 unspecified atom stereocenters. The zero-order chi connectivity index (χ0) is 6.91. The van der Waals surface area contributed by atoms with Crippen molar-refractivity contribution in [3.63, 3.8) is 0 Å². The van der Waals surface area contributed by atoms with Gasteiger partial charge < -0.3 is 0 Å². The lowest BCUT2D eigenvalue weighted by Gasteiger charge is -2.06. The third-order valence-corrected chi connectivity index (χ3v) is 1.96. The van der Waals surface area contributed by atoms with Crippen molar-refractivity contribution in [3.05, 3.63) is 0 Å².